The number of anilines is 1. The molecule has 0 aliphatic carbocycles. The maximum atomic E-state index is 13.0. The molecule has 2 aliphatic heterocycles. The smallest absolute Gasteiger partial charge is 0.227 e. The zero-order valence-corrected chi connectivity index (χ0v) is 16.5. The third-order valence-electron chi connectivity index (χ3n) is 6.03. The lowest BCUT2D eigenvalue weighted by Gasteiger charge is -2.37. The molecule has 7 heteroatoms. The third kappa shape index (κ3) is 4.39. The molecule has 29 heavy (non-hydrogen) atoms. The Bertz CT molecular complexity index is 865. The maximum Gasteiger partial charge on any atom is 0.227 e. The molecule has 2 aliphatic rings. The number of aromatic nitrogens is 2. The molecule has 0 spiro atoms. The fourth-order valence-electron chi connectivity index (χ4n) is 4.32. The van der Waals surface area contributed by atoms with E-state index in [1.807, 2.05) is 41.3 Å². The molecule has 4 rings (SSSR count). The summed E-state index contributed by atoms with van der Waals surface area (Å²) >= 11 is 0. The van der Waals surface area contributed by atoms with Gasteiger partial charge >= 0.3 is 0 Å². The fraction of sp³-hybridized carbons (Fsp3) is 0.455. The predicted octanol–water partition coefficient (Wildman–Crippen LogP) is 2.08. The van der Waals surface area contributed by atoms with Gasteiger partial charge in [0.05, 0.1) is 11.6 Å². The summed E-state index contributed by atoms with van der Waals surface area (Å²) in [6, 6.07) is 12.0. The van der Waals surface area contributed by atoms with Crippen LogP contribution in [0.2, 0.25) is 0 Å². The summed E-state index contributed by atoms with van der Waals surface area (Å²) < 4.78 is 0. The number of carbonyl (C=O) groups excluding carboxylic acids is 2. The Hall–Kier alpha value is -2.96. The number of likely N-dealkylation sites (tertiary alicyclic amines) is 1. The van der Waals surface area contributed by atoms with Crippen molar-refractivity contribution in [2.45, 2.75) is 25.7 Å². The van der Waals surface area contributed by atoms with Crippen LogP contribution in [0, 0.1) is 11.8 Å². The fourth-order valence-corrected chi connectivity index (χ4v) is 4.32. The number of benzene rings is 1. The molecule has 3 heterocycles. The highest BCUT2D eigenvalue weighted by molar-refractivity contribution is 5.81. The highest BCUT2D eigenvalue weighted by Crippen LogP contribution is 2.27. The van der Waals surface area contributed by atoms with E-state index in [0.29, 0.717) is 32.5 Å². The third-order valence-corrected chi connectivity index (χ3v) is 6.03. The number of nitrogens with two attached hydrogens (primary N) is 1. The first-order chi connectivity index (χ1) is 14.1. The Morgan fingerprint density at radius 2 is 1.72 bits per heavy atom. The number of piperidine rings is 2. The molecule has 7 nitrogen and oxygen atoms in total. The van der Waals surface area contributed by atoms with Gasteiger partial charge in [-0.2, -0.15) is 0 Å². The first kappa shape index (κ1) is 19.4. The first-order valence-corrected chi connectivity index (χ1v) is 10.3. The van der Waals surface area contributed by atoms with Gasteiger partial charge in [0.15, 0.2) is 0 Å². The van der Waals surface area contributed by atoms with E-state index in [9.17, 15) is 9.59 Å². The second-order valence-corrected chi connectivity index (χ2v) is 7.91. The van der Waals surface area contributed by atoms with E-state index in [1.54, 1.807) is 6.33 Å². The van der Waals surface area contributed by atoms with E-state index in [0.717, 1.165) is 36.5 Å². The van der Waals surface area contributed by atoms with Crippen LogP contribution < -0.4 is 10.6 Å². The molecule has 2 aromatic rings. The molecular formula is C22H27N5O2. The van der Waals surface area contributed by atoms with Crippen LogP contribution in [0.4, 0.5) is 5.82 Å². The normalized spacial score (nSPS) is 20.5. The second-order valence-electron chi connectivity index (χ2n) is 7.91. The monoisotopic (exact) mass is 393 g/mol. The van der Waals surface area contributed by atoms with Crippen molar-refractivity contribution in [3.8, 4) is 11.3 Å². The topological polar surface area (TPSA) is 92.4 Å². The van der Waals surface area contributed by atoms with Crippen molar-refractivity contribution < 1.29 is 9.59 Å². The van der Waals surface area contributed by atoms with Crippen LogP contribution in [-0.2, 0) is 9.59 Å². The number of primary amides is 1. The number of nitrogens with zero attached hydrogens (tertiary/aromatic N) is 4. The molecule has 0 saturated carbocycles. The minimum absolute atomic E-state index is 0.0379. The van der Waals surface area contributed by atoms with E-state index in [4.69, 9.17) is 5.73 Å². The summed E-state index contributed by atoms with van der Waals surface area (Å²) in [5.41, 5.74) is 7.35. The van der Waals surface area contributed by atoms with Crippen LogP contribution in [-0.4, -0.2) is 52.9 Å². The van der Waals surface area contributed by atoms with Gasteiger partial charge in [0.25, 0.3) is 0 Å². The SMILES string of the molecule is NC(=O)C1CCN(C(=O)C2CCCN(c3cc(-c4ccccc4)ncn3)C2)CC1. The molecule has 2 N–H and O–H groups in total. The summed E-state index contributed by atoms with van der Waals surface area (Å²) in [5, 5.41) is 0. The number of rotatable bonds is 4. The van der Waals surface area contributed by atoms with Crippen molar-refractivity contribution in [2.24, 2.45) is 17.6 Å². The minimum atomic E-state index is -0.251. The van der Waals surface area contributed by atoms with Gasteiger partial charge in [0.2, 0.25) is 11.8 Å². The predicted molar refractivity (Wildman–Crippen MR) is 111 cm³/mol. The zero-order valence-electron chi connectivity index (χ0n) is 16.5. The summed E-state index contributed by atoms with van der Waals surface area (Å²) in [4.78, 5) is 37.4. The average molecular weight is 393 g/mol. The molecule has 1 atom stereocenters. The van der Waals surface area contributed by atoms with Crippen LogP contribution in [0.15, 0.2) is 42.7 Å². The van der Waals surface area contributed by atoms with E-state index in [2.05, 4.69) is 14.9 Å². The first-order valence-electron chi connectivity index (χ1n) is 10.3. The second kappa shape index (κ2) is 8.59. The highest BCUT2D eigenvalue weighted by atomic mass is 16.2. The lowest BCUT2D eigenvalue weighted by molar-refractivity contribution is -0.138. The van der Waals surface area contributed by atoms with Crippen molar-refractivity contribution in [3.63, 3.8) is 0 Å². The van der Waals surface area contributed by atoms with E-state index >= 15 is 0 Å². The largest absolute Gasteiger partial charge is 0.369 e. The van der Waals surface area contributed by atoms with E-state index in [1.165, 1.54) is 0 Å². The molecule has 152 valence electrons. The van der Waals surface area contributed by atoms with E-state index < -0.39 is 0 Å². The van der Waals surface area contributed by atoms with Crippen molar-refractivity contribution in [1.29, 1.82) is 0 Å². The molecule has 2 amide bonds. The highest BCUT2D eigenvalue weighted by Gasteiger charge is 2.33. The van der Waals surface area contributed by atoms with Gasteiger partial charge in [0.1, 0.15) is 12.1 Å². The number of amides is 2. The quantitative estimate of drug-likeness (QED) is 0.859. The van der Waals surface area contributed by atoms with Gasteiger partial charge < -0.3 is 15.5 Å². The molecule has 0 bridgehead atoms. The van der Waals surface area contributed by atoms with Gasteiger partial charge in [-0.05, 0) is 25.7 Å². The Balaban J connectivity index is 1.42. The van der Waals surface area contributed by atoms with Crippen LogP contribution in [0.1, 0.15) is 25.7 Å². The lowest BCUT2D eigenvalue weighted by Crippen LogP contribution is -2.48. The van der Waals surface area contributed by atoms with Gasteiger partial charge in [-0.25, -0.2) is 9.97 Å². The number of hydrogen-bond donors (Lipinski definition) is 1. The maximum absolute atomic E-state index is 13.0. The van der Waals surface area contributed by atoms with Crippen molar-refractivity contribution in [3.05, 3.63) is 42.7 Å². The Morgan fingerprint density at radius 1 is 0.966 bits per heavy atom. The van der Waals surface area contributed by atoms with Gasteiger partial charge in [-0.3, -0.25) is 9.59 Å². The van der Waals surface area contributed by atoms with Crippen LogP contribution in [0.3, 0.4) is 0 Å². The Morgan fingerprint density at radius 3 is 2.45 bits per heavy atom. The standard InChI is InChI=1S/C22H27N5O2/c23-21(28)17-8-11-26(12-9-17)22(29)18-7-4-10-27(14-18)20-13-19(24-15-25-20)16-5-2-1-3-6-16/h1-3,5-6,13,15,17-18H,4,7-12,14H2,(H2,23,28). The number of carbonyl (C=O) groups is 2. The molecule has 2 saturated heterocycles. The molecule has 0 radical (unpaired) electrons. The summed E-state index contributed by atoms with van der Waals surface area (Å²) in [7, 11) is 0. The van der Waals surface area contributed by atoms with Crippen LogP contribution in [0.25, 0.3) is 11.3 Å². The van der Waals surface area contributed by atoms with Crippen LogP contribution in [0.5, 0.6) is 0 Å². The molecule has 2 fully saturated rings. The van der Waals surface area contributed by atoms with E-state index in [-0.39, 0.29) is 23.7 Å². The molecule has 1 aromatic carbocycles. The average Bonchev–Trinajstić information content (AvgIpc) is 2.79. The van der Waals surface area contributed by atoms with Crippen molar-refractivity contribution in [1.82, 2.24) is 14.9 Å². The number of hydrogen-bond acceptors (Lipinski definition) is 5. The van der Waals surface area contributed by atoms with Gasteiger partial charge in [-0.1, -0.05) is 30.3 Å². The zero-order chi connectivity index (χ0) is 20.2. The summed E-state index contributed by atoms with van der Waals surface area (Å²) in [6.07, 6.45) is 4.78. The molecule has 1 aromatic heterocycles. The van der Waals surface area contributed by atoms with Crippen molar-refractivity contribution >= 4 is 17.6 Å². The summed E-state index contributed by atoms with van der Waals surface area (Å²) in [6.45, 7) is 2.79. The molecular weight excluding hydrogens is 366 g/mol. The molecule has 1 unspecified atom stereocenters. The van der Waals surface area contributed by atoms with Crippen LogP contribution >= 0.6 is 0 Å². The Labute approximate surface area is 170 Å². The lowest BCUT2D eigenvalue weighted by atomic mass is 9.92. The van der Waals surface area contributed by atoms with Crippen molar-refractivity contribution in [2.75, 3.05) is 31.1 Å². The summed E-state index contributed by atoms with van der Waals surface area (Å²) in [5.74, 6) is 0.668. The Kier molecular flexibility index (Phi) is 5.74. The van der Waals surface area contributed by atoms with Gasteiger partial charge in [0, 0.05) is 43.7 Å². The van der Waals surface area contributed by atoms with Gasteiger partial charge in [-0.15, -0.1) is 0 Å². The minimum Gasteiger partial charge on any atom is -0.369 e.